The number of anilines is 2. The number of likely N-dealkylation sites (tertiary alicyclic amines) is 1. The quantitative estimate of drug-likeness (QED) is 0.611. The molecule has 150 valence electrons. The van der Waals surface area contributed by atoms with Crippen molar-refractivity contribution >= 4 is 34.5 Å². The number of aromatic amines is 1. The van der Waals surface area contributed by atoms with E-state index in [1.54, 1.807) is 6.20 Å². The minimum absolute atomic E-state index is 0.0188. The smallest absolute Gasteiger partial charge is 0.321 e. The zero-order valence-corrected chi connectivity index (χ0v) is 15.9. The summed E-state index contributed by atoms with van der Waals surface area (Å²) in [5.41, 5.74) is 0.0646. The van der Waals surface area contributed by atoms with Crippen LogP contribution in [-0.4, -0.2) is 76.0 Å². The van der Waals surface area contributed by atoms with E-state index >= 15 is 0 Å². The number of H-pyrrole nitrogens is 1. The van der Waals surface area contributed by atoms with Crippen LogP contribution in [0.5, 0.6) is 0 Å². The fourth-order valence-electron chi connectivity index (χ4n) is 3.89. The number of aliphatic hydroxyl groups is 1. The van der Waals surface area contributed by atoms with Gasteiger partial charge < -0.3 is 25.5 Å². The third-order valence-electron chi connectivity index (χ3n) is 5.44. The molecule has 2 aromatic rings. The molecule has 2 aromatic heterocycles. The Balaban J connectivity index is 1.45. The minimum Gasteiger partial charge on any atom is -0.387 e. The molecule has 4 rings (SSSR count). The van der Waals surface area contributed by atoms with Gasteiger partial charge in [0.15, 0.2) is 11.5 Å². The van der Waals surface area contributed by atoms with Crippen molar-refractivity contribution in [3.63, 3.8) is 0 Å². The van der Waals surface area contributed by atoms with Crippen molar-refractivity contribution in [1.29, 1.82) is 0 Å². The lowest BCUT2D eigenvalue weighted by Gasteiger charge is -2.22. The highest BCUT2D eigenvalue weighted by Crippen LogP contribution is 2.29. The molecule has 2 aliphatic rings. The van der Waals surface area contributed by atoms with Gasteiger partial charge in [-0.3, -0.25) is 9.89 Å². The van der Waals surface area contributed by atoms with Crippen molar-refractivity contribution in [2.24, 2.45) is 0 Å². The molecule has 1 unspecified atom stereocenters. The Morgan fingerprint density at radius 1 is 1.32 bits per heavy atom. The SMILES string of the molecule is CNC(=O)CC1(O)CCN(C(=O)Nc2cnc3[nH]nc(N4CCCC4)c3c2)C1. The Labute approximate surface area is 162 Å². The number of carbonyl (C=O) groups excluding carboxylic acids is 2. The highest BCUT2D eigenvalue weighted by molar-refractivity contribution is 5.95. The number of rotatable bonds is 4. The van der Waals surface area contributed by atoms with Gasteiger partial charge in [-0.15, -0.1) is 0 Å². The summed E-state index contributed by atoms with van der Waals surface area (Å²) in [6, 6.07) is 1.55. The summed E-state index contributed by atoms with van der Waals surface area (Å²) in [7, 11) is 1.53. The number of nitrogens with zero attached hydrogens (tertiary/aromatic N) is 4. The van der Waals surface area contributed by atoms with Crippen LogP contribution in [0.15, 0.2) is 12.3 Å². The molecule has 2 aliphatic heterocycles. The molecule has 2 fully saturated rings. The lowest BCUT2D eigenvalue weighted by Crippen LogP contribution is -2.41. The van der Waals surface area contributed by atoms with Crippen LogP contribution in [-0.2, 0) is 4.79 Å². The number of urea groups is 1. The second-order valence-electron chi connectivity index (χ2n) is 7.54. The fourth-order valence-corrected chi connectivity index (χ4v) is 3.89. The highest BCUT2D eigenvalue weighted by atomic mass is 16.3. The Bertz CT molecular complexity index is 892. The standard InChI is InChI=1S/C18H25N7O3/c1-19-14(26)9-18(28)4-7-25(11-18)17(27)21-12-8-13-15(20-10-12)22-23-16(13)24-5-2-3-6-24/h8,10,28H,2-7,9,11H2,1H3,(H,19,26)(H,21,27)(H,20,22,23). The van der Waals surface area contributed by atoms with Crippen LogP contribution in [0.2, 0.25) is 0 Å². The normalized spacial score (nSPS) is 22.1. The van der Waals surface area contributed by atoms with Crippen molar-refractivity contribution in [1.82, 2.24) is 25.4 Å². The molecule has 2 saturated heterocycles. The van der Waals surface area contributed by atoms with E-state index in [0.717, 1.165) is 37.1 Å². The van der Waals surface area contributed by atoms with Gasteiger partial charge in [0.05, 0.1) is 35.8 Å². The summed E-state index contributed by atoms with van der Waals surface area (Å²) in [5, 5.41) is 24.1. The van der Waals surface area contributed by atoms with Crippen LogP contribution < -0.4 is 15.5 Å². The summed E-state index contributed by atoms with van der Waals surface area (Å²) in [5.74, 6) is 0.617. The molecule has 0 aliphatic carbocycles. The van der Waals surface area contributed by atoms with E-state index in [4.69, 9.17) is 0 Å². The number of amides is 3. The molecule has 1 atom stereocenters. The van der Waals surface area contributed by atoms with E-state index in [0.29, 0.717) is 24.3 Å². The van der Waals surface area contributed by atoms with Gasteiger partial charge in [-0.25, -0.2) is 9.78 Å². The third-order valence-corrected chi connectivity index (χ3v) is 5.44. The first-order valence-electron chi connectivity index (χ1n) is 9.55. The predicted octanol–water partition coefficient (Wildman–Crippen LogP) is 0.663. The molecular weight excluding hydrogens is 362 g/mol. The molecule has 0 spiro atoms. The first-order chi connectivity index (χ1) is 13.5. The van der Waals surface area contributed by atoms with Crippen molar-refractivity contribution < 1.29 is 14.7 Å². The number of hydrogen-bond donors (Lipinski definition) is 4. The molecule has 10 heteroatoms. The number of fused-ring (bicyclic) bond motifs is 1. The van der Waals surface area contributed by atoms with Gasteiger partial charge in [-0.2, -0.15) is 5.10 Å². The monoisotopic (exact) mass is 387 g/mol. The van der Waals surface area contributed by atoms with Crippen molar-refractivity contribution in [2.75, 3.05) is 43.4 Å². The van der Waals surface area contributed by atoms with E-state index in [2.05, 4.69) is 30.7 Å². The van der Waals surface area contributed by atoms with Crippen LogP contribution in [0.4, 0.5) is 16.3 Å². The van der Waals surface area contributed by atoms with Crippen LogP contribution >= 0.6 is 0 Å². The Morgan fingerprint density at radius 3 is 2.86 bits per heavy atom. The summed E-state index contributed by atoms with van der Waals surface area (Å²) in [4.78, 5) is 32.3. The molecule has 4 heterocycles. The van der Waals surface area contributed by atoms with Crippen LogP contribution in [0.3, 0.4) is 0 Å². The molecular formula is C18H25N7O3. The van der Waals surface area contributed by atoms with Gasteiger partial charge in [0.1, 0.15) is 0 Å². The van der Waals surface area contributed by atoms with Gasteiger partial charge in [0.2, 0.25) is 5.91 Å². The molecule has 0 aromatic carbocycles. The van der Waals surface area contributed by atoms with Crippen molar-refractivity contribution in [3.8, 4) is 0 Å². The topological polar surface area (TPSA) is 126 Å². The molecule has 28 heavy (non-hydrogen) atoms. The van der Waals surface area contributed by atoms with E-state index in [1.165, 1.54) is 11.9 Å². The summed E-state index contributed by atoms with van der Waals surface area (Å²) in [6.45, 7) is 2.44. The lowest BCUT2D eigenvalue weighted by atomic mass is 9.99. The van der Waals surface area contributed by atoms with Crippen LogP contribution in [0, 0.1) is 0 Å². The van der Waals surface area contributed by atoms with E-state index in [9.17, 15) is 14.7 Å². The lowest BCUT2D eigenvalue weighted by molar-refractivity contribution is -0.125. The number of nitrogens with one attached hydrogen (secondary N) is 3. The maximum absolute atomic E-state index is 12.6. The van der Waals surface area contributed by atoms with E-state index < -0.39 is 5.60 Å². The van der Waals surface area contributed by atoms with Crippen LogP contribution in [0.25, 0.3) is 11.0 Å². The number of carbonyl (C=O) groups is 2. The second kappa shape index (κ2) is 7.27. The Hall–Kier alpha value is -2.88. The number of hydrogen-bond acceptors (Lipinski definition) is 6. The maximum atomic E-state index is 12.6. The maximum Gasteiger partial charge on any atom is 0.321 e. The number of aromatic nitrogens is 3. The zero-order chi connectivity index (χ0) is 19.7. The first kappa shape index (κ1) is 18.5. The first-order valence-corrected chi connectivity index (χ1v) is 9.55. The van der Waals surface area contributed by atoms with Crippen LogP contribution in [0.1, 0.15) is 25.7 Å². The van der Waals surface area contributed by atoms with Gasteiger partial charge in [-0.05, 0) is 25.3 Å². The number of pyridine rings is 1. The molecule has 0 saturated carbocycles. The van der Waals surface area contributed by atoms with Gasteiger partial charge in [0, 0.05) is 26.7 Å². The second-order valence-corrected chi connectivity index (χ2v) is 7.54. The highest BCUT2D eigenvalue weighted by Gasteiger charge is 2.39. The summed E-state index contributed by atoms with van der Waals surface area (Å²) in [6.07, 6.45) is 4.22. The molecule has 4 N–H and O–H groups in total. The Morgan fingerprint density at radius 2 is 2.11 bits per heavy atom. The van der Waals surface area contributed by atoms with Gasteiger partial charge in [0.25, 0.3) is 0 Å². The largest absolute Gasteiger partial charge is 0.387 e. The molecule has 3 amide bonds. The average Bonchev–Trinajstić information content (AvgIpc) is 3.40. The fraction of sp³-hybridized carbons (Fsp3) is 0.556. The number of β-amino-alcohol motifs (C(OH)–C–C–N with tert-alkyl or cyclic N) is 1. The zero-order valence-electron chi connectivity index (χ0n) is 15.9. The average molecular weight is 387 g/mol. The van der Waals surface area contributed by atoms with Gasteiger partial charge in [-0.1, -0.05) is 0 Å². The van der Waals surface area contributed by atoms with Crippen molar-refractivity contribution in [2.45, 2.75) is 31.3 Å². The Kier molecular flexibility index (Phi) is 4.80. The molecule has 10 nitrogen and oxygen atoms in total. The summed E-state index contributed by atoms with van der Waals surface area (Å²) >= 11 is 0. The third kappa shape index (κ3) is 3.59. The van der Waals surface area contributed by atoms with Crippen molar-refractivity contribution in [3.05, 3.63) is 12.3 Å². The molecule has 0 radical (unpaired) electrons. The predicted molar refractivity (Wildman–Crippen MR) is 104 cm³/mol. The van der Waals surface area contributed by atoms with E-state index in [-0.39, 0.29) is 24.9 Å². The molecule has 0 bridgehead atoms. The summed E-state index contributed by atoms with van der Waals surface area (Å²) < 4.78 is 0. The van der Waals surface area contributed by atoms with E-state index in [1.807, 2.05) is 6.07 Å². The van der Waals surface area contributed by atoms with Gasteiger partial charge >= 0.3 is 6.03 Å². The minimum atomic E-state index is -1.19.